The van der Waals surface area contributed by atoms with E-state index in [0.717, 1.165) is 0 Å². The minimum absolute atomic E-state index is 0.00960. The van der Waals surface area contributed by atoms with Gasteiger partial charge < -0.3 is 20.1 Å². The number of halogens is 1. The molecule has 0 aliphatic heterocycles. The van der Waals surface area contributed by atoms with Gasteiger partial charge in [-0.3, -0.25) is 4.79 Å². The average Bonchev–Trinajstić information content (AvgIpc) is 2.54. The molecular formula is C18H21FN2O3. The predicted octanol–water partition coefficient (Wildman–Crippen LogP) is 2.38. The molecule has 0 aromatic heterocycles. The van der Waals surface area contributed by atoms with Crippen molar-refractivity contribution in [1.82, 2.24) is 4.90 Å². The number of carbonyl (C=O) groups is 1. The molecule has 6 heteroatoms. The molecule has 0 radical (unpaired) electrons. The number of hydrogen-bond acceptors (Lipinski definition) is 4. The van der Waals surface area contributed by atoms with Crippen LogP contribution in [0.1, 0.15) is 10.4 Å². The fourth-order valence-corrected chi connectivity index (χ4v) is 2.14. The van der Waals surface area contributed by atoms with Crippen LogP contribution in [-0.2, 0) is 0 Å². The standard InChI is InChI=1S/C18H21FN2O3/c1-21(2)11-14(22)12-24-15-9-7-13(8-10-15)20-18(23)16-5-3-4-6-17(16)19/h3-10,14,22H,11-12H2,1-2H3,(H,20,23). The molecule has 0 bridgehead atoms. The molecule has 0 heterocycles. The van der Waals surface area contributed by atoms with Gasteiger partial charge in [0.1, 0.15) is 24.3 Å². The summed E-state index contributed by atoms with van der Waals surface area (Å²) in [6, 6.07) is 12.5. The molecule has 1 unspecified atom stereocenters. The van der Waals surface area contributed by atoms with Gasteiger partial charge in [0.05, 0.1) is 5.56 Å². The summed E-state index contributed by atoms with van der Waals surface area (Å²) in [6.07, 6.45) is -0.583. The van der Waals surface area contributed by atoms with Crippen molar-refractivity contribution in [1.29, 1.82) is 0 Å². The van der Waals surface area contributed by atoms with Gasteiger partial charge in [-0.1, -0.05) is 12.1 Å². The number of nitrogens with one attached hydrogen (secondary N) is 1. The van der Waals surface area contributed by atoms with E-state index in [1.807, 2.05) is 19.0 Å². The molecule has 2 N–H and O–H groups in total. The lowest BCUT2D eigenvalue weighted by Crippen LogP contribution is -2.30. The fourth-order valence-electron chi connectivity index (χ4n) is 2.14. The van der Waals surface area contributed by atoms with Gasteiger partial charge in [0.15, 0.2) is 0 Å². The Bertz CT molecular complexity index is 674. The highest BCUT2D eigenvalue weighted by Gasteiger charge is 2.11. The van der Waals surface area contributed by atoms with Crippen molar-refractivity contribution in [3.63, 3.8) is 0 Å². The molecular weight excluding hydrogens is 311 g/mol. The second-order valence-corrected chi connectivity index (χ2v) is 5.69. The van der Waals surface area contributed by atoms with Gasteiger partial charge in [0.2, 0.25) is 0 Å². The highest BCUT2D eigenvalue weighted by Crippen LogP contribution is 2.17. The maximum absolute atomic E-state index is 13.6. The van der Waals surface area contributed by atoms with Crippen molar-refractivity contribution in [2.75, 3.05) is 32.6 Å². The molecule has 0 spiro atoms. The number of carbonyl (C=O) groups excluding carboxylic acids is 1. The largest absolute Gasteiger partial charge is 0.491 e. The van der Waals surface area contributed by atoms with Crippen LogP contribution in [0.4, 0.5) is 10.1 Å². The van der Waals surface area contributed by atoms with Gasteiger partial charge in [-0.15, -0.1) is 0 Å². The quantitative estimate of drug-likeness (QED) is 0.817. The lowest BCUT2D eigenvalue weighted by Gasteiger charge is -2.16. The van der Waals surface area contributed by atoms with E-state index in [2.05, 4.69) is 5.32 Å². The number of benzene rings is 2. The molecule has 0 aliphatic rings. The number of ether oxygens (including phenoxy) is 1. The van der Waals surface area contributed by atoms with E-state index in [1.54, 1.807) is 30.3 Å². The van der Waals surface area contributed by atoms with Crippen molar-refractivity contribution in [3.8, 4) is 5.75 Å². The highest BCUT2D eigenvalue weighted by molar-refractivity contribution is 6.04. The molecule has 1 amide bonds. The Hall–Kier alpha value is -2.44. The zero-order valence-corrected chi connectivity index (χ0v) is 13.7. The summed E-state index contributed by atoms with van der Waals surface area (Å²) in [6.45, 7) is 0.690. The third-order valence-electron chi connectivity index (χ3n) is 3.25. The third kappa shape index (κ3) is 5.33. The van der Waals surface area contributed by atoms with E-state index in [9.17, 15) is 14.3 Å². The Morgan fingerprint density at radius 3 is 2.50 bits per heavy atom. The second-order valence-electron chi connectivity index (χ2n) is 5.69. The van der Waals surface area contributed by atoms with Crippen LogP contribution in [0.25, 0.3) is 0 Å². The topological polar surface area (TPSA) is 61.8 Å². The molecule has 2 rings (SSSR count). The Labute approximate surface area is 140 Å². The van der Waals surface area contributed by atoms with E-state index in [-0.39, 0.29) is 12.2 Å². The Balaban J connectivity index is 1.90. The van der Waals surface area contributed by atoms with E-state index in [4.69, 9.17) is 4.74 Å². The predicted molar refractivity (Wildman–Crippen MR) is 90.9 cm³/mol. The Morgan fingerprint density at radius 1 is 1.21 bits per heavy atom. The minimum Gasteiger partial charge on any atom is -0.491 e. The van der Waals surface area contributed by atoms with Gasteiger partial charge in [-0.25, -0.2) is 4.39 Å². The average molecular weight is 332 g/mol. The van der Waals surface area contributed by atoms with Crippen LogP contribution >= 0.6 is 0 Å². The van der Waals surface area contributed by atoms with Gasteiger partial charge in [-0.2, -0.15) is 0 Å². The van der Waals surface area contributed by atoms with Crippen LogP contribution in [0.15, 0.2) is 48.5 Å². The van der Waals surface area contributed by atoms with Crippen LogP contribution in [0.3, 0.4) is 0 Å². The number of aliphatic hydroxyl groups is 1. The maximum Gasteiger partial charge on any atom is 0.258 e. The zero-order chi connectivity index (χ0) is 17.5. The van der Waals surface area contributed by atoms with Gasteiger partial charge >= 0.3 is 0 Å². The zero-order valence-electron chi connectivity index (χ0n) is 13.7. The number of hydrogen-bond donors (Lipinski definition) is 2. The summed E-state index contributed by atoms with van der Waals surface area (Å²) < 4.78 is 19.0. The minimum atomic E-state index is -0.583. The first-order valence-corrected chi connectivity index (χ1v) is 7.57. The lowest BCUT2D eigenvalue weighted by molar-refractivity contribution is 0.0831. The molecule has 128 valence electrons. The van der Waals surface area contributed by atoms with E-state index >= 15 is 0 Å². The normalized spacial score (nSPS) is 12.0. The molecule has 0 aliphatic carbocycles. The first-order chi connectivity index (χ1) is 11.5. The summed E-state index contributed by atoms with van der Waals surface area (Å²) in [5.41, 5.74) is 0.522. The smallest absolute Gasteiger partial charge is 0.258 e. The van der Waals surface area contributed by atoms with E-state index in [0.29, 0.717) is 18.0 Å². The Kier molecular flexibility index (Phi) is 6.28. The molecule has 2 aromatic rings. The summed E-state index contributed by atoms with van der Waals surface area (Å²) in [4.78, 5) is 13.9. The number of likely N-dealkylation sites (N-methyl/N-ethyl adjacent to an activating group) is 1. The van der Waals surface area contributed by atoms with Crippen molar-refractivity contribution in [2.45, 2.75) is 6.10 Å². The first kappa shape index (κ1) is 17.9. The number of aliphatic hydroxyl groups excluding tert-OH is 1. The Morgan fingerprint density at radius 2 is 1.88 bits per heavy atom. The number of nitrogens with zero attached hydrogens (tertiary/aromatic N) is 1. The summed E-state index contributed by atoms with van der Waals surface area (Å²) >= 11 is 0. The maximum atomic E-state index is 13.6. The van der Waals surface area contributed by atoms with Crippen LogP contribution in [-0.4, -0.2) is 49.3 Å². The SMILES string of the molecule is CN(C)CC(O)COc1ccc(NC(=O)c2ccccc2F)cc1. The van der Waals surface area contributed by atoms with Crippen molar-refractivity contribution < 1.29 is 19.0 Å². The molecule has 0 saturated heterocycles. The summed E-state index contributed by atoms with van der Waals surface area (Å²) in [5, 5.41) is 12.4. The third-order valence-corrected chi connectivity index (χ3v) is 3.25. The summed E-state index contributed by atoms with van der Waals surface area (Å²) in [7, 11) is 3.74. The molecule has 24 heavy (non-hydrogen) atoms. The van der Waals surface area contributed by atoms with Gasteiger partial charge in [0, 0.05) is 12.2 Å². The monoisotopic (exact) mass is 332 g/mol. The molecule has 5 nitrogen and oxygen atoms in total. The van der Waals surface area contributed by atoms with Crippen molar-refractivity contribution in [3.05, 3.63) is 59.9 Å². The van der Waals surface area contributed by atoms with Crippen LogP contribution < -0.4 is 10.1 Å². The molecule has 2 aromatic carbocycles. The lowest BCUT2D eigenvalue weighted by atomic mass is 10.2. The molecule has 1 atom stereocenters. The molecule has 0 fully saturated rings. The van der Waals surface area contributed by atoms with E-state index in [1.165, 1.54) is 18.2 Å². The highest BCUT2D eigenvalue weighted by atomic mass is 19.1. The van der Waals surface area contributed by atoms with Crippen molar-refractivity contribution >= 4 is 11.6 Å². The first-order valence-electron chi connectivity index (χ1n) is 7.57. The number of amides is 1. The van der Waals surface area contributed by atoms with Crippen molar-refractivity contribution in [2.24, 2.45) is 0 Å². The van der Waals surface area contributed by atoms with Gasteiger partial charge in [0.25, 0.3) is 5.91 Å². The fraction of sp³-hybridized carbons (Fsp3) is 0.278. The number of anilines is 1. The van der Waals surface area contributed by atoms with Gasteiger partial charge in [-0.05, 0) is 50.5 Å². The van der Waals surface area contributed by atoms with E-state index < -0.39 is 17.8 Å². The second kappa shape index (κ2) is 8.42. The van der Waals surface area contributed by atoms with Crippen LogP contribution in [0, 0.1) is 5.82 Å². The van der Waals surface area contributed by atoms with Crippen LogP contribution in [0.2, 0.25) is 0 Å². The molecule has 0 saturated carbocycles. The summed E-state index contributed by atoms with van der Waals surface area (Å²) in [5.74, 6) is -0.496. The number of rotatable bonds is 7. The van der Waals surface area contributed by atoms with Crippen LogP contribution in [0.5, 0.6) is 5.75 Å².